The van der Waals surface area contributed by atoms with Gasteiger partial charge in [0.2, 0.25) is 11.8 Å². The first-order chi connectivity index (χ1) is 10.9. The summed E-state index contributed by atoms with van der Waals surface area (Å²) in [5.41, 5.74) is 0.669. The smallest absolute Gasteiger partial charge is 0.227 e. The Labute approximate surface area is 141 Å². The van der Waals surface area contributed by atoms with E-state index < -0.39 is 0 Å². The number of hydrogen-bond acceptors (Lipinski definition) is 3. The third kappa shape index (κ3) is 4.61. The fraction of sp³-hybridized carbons (Fsp3) is 0.529. The van der Waals surface area contributed by atoms with Crippen LogP contribution in [-0.4, -0.2) is 30.5 Å². The molecule has 0 spiro atoms. The summed E-state index contributed by atoms with van der Waals surface area (Å²) >= 11 is 6.03. The number of fused-ring (bicyclic) bond motifs is 1. The van der Waals surface area contributed by atoms with E-state index >= 15 is 0 Å². The van der Waals surface area contributed by atoms with Crippen molar-refractivity contribution in [2.45, 2.75) is 52.2 Å². The molecular weight excluding hydrogens is 316 g/mol. The van der Waals surface area contributed by atoms with Gasteiger partial charge in [0.05, 0.1) is 12.2 Å². The predicted octanol–water partition coefficient (Wildman–Crippen LogP) is 3.15. The lowest BCUT2D eigenvalue weighted by Gasteiger charge is -2.33. The van der Waals surface area contributed by atoms with Crippen LogP contribution in [-0.2, 0) is 9.59 Å². The molecule has 0 unspecified atom stereocenters. The zero-order chi connectivity index (χ0) is 17.0. The van der Waals surface area contributed by atoms with E-state index in [0.717, 1.165) is 6.42 Å². The second-order valence-corrected chi connectivity index (χ2v) is 6.36. The van der Waals surface area contributed by atoms with Crippen LogP contribution in [0.5, 0.6) is 5.75 Å². The van der Waals surface area contributed by atoms with Crippen molar-refractivity contribution in [3.63, 3.8) is 0 Å². The first-order valence-electron chi connectivity index (χ1n) is 7.96. The Kier molecular flexibility index (Phi) is 5.88. The molecule has 0 aromatic heterocycles. The van der Waals surface area contributed by atoms with E-state index in [2.05, 4.69) is 5.32 Å². The lowest BCUT2D eigenvalue weighted by molar-refractivity contribution is -0.125. The Bertz CT molecular complexity index is 591. The molecule has 0 aliphatic carbocycles. The molecule has 0 saturated carbocycles. The molecule has 1 aromatic carbocycles. The standard InChI is InChI=1S/C17H23ClN2O3/c1-4-11(2)19-16(21)7-8-17(22)20-10-12(3)23-15-6-5-13(18)9-14(15)20/h5-6,9,11-12H,4,7-8,10H2,1-3H3,(H,19,21)/t11-,12-/m0/s1. The zero-order valence-electron chi connectivity index (χ0n) is 13.8. The fourth-order valence-electron chi connectivity index (χ4n) is 2.45. The molecule has 1 heterocycles. The molecule has 23 heavy (non-hydrogen) atoms. The number of carbonyl (C=O) groups excluding carboxylic acids is 2. The van der Waals surface area contributed by atoms with Crippen LogP contribution in [0.2, 0.25) is 5.02 Å². The largest absolute Gasteiger partial charge is 0.487 e. The van der Waals surface area contributed by atoms with Crippen molar-refractivity contribution in [2.24, 2.45) is 0 Å². The monoisotopic (exact) mass is 338 g/mol. The van der Waals surface area contributed by atoms with Gasteiger partial charge in [-0.15, -0.1) is 0 Å². The molecule has 5 nitrogen and oxygen atoms in total. The molecule has 0 bridgehead atoms. The van der Waals surface area contributed by atoms with Gasteiger partial charge in [-0.25, -0.2) is 0 Å². The number of rotatable bonds is 5. The topological polar surface area (TPSA) is 58.6 Å². The minimum absolute atomic E-state index is 0.0945. The SMILES string of the molecule is CC[C@H](C)NC(=O)CCC(=O)N1C[C@H](C)Oc2ccc(Cl)cc21. The highest BCUT2D eigenvalue weighted by atomic mass is 35.5. The summed E-state index contributed by atoms with van der Waals surface area (Å²) in [4.78, 5) is 26.0. The van der Waals surface area contributed by atoms with Crippen LogP contribution in [0.4, 0.5) is 5.69 Å². The molecule has 1 aliphatic rings. The van der Waals surface area contributed by atoms with Gasteiger partial charge in [-0.3, -0.25) is 9.59 Å². The van der Waals surface area contributed by atoms with Gasteiger partial charge in [-0.05, 0) is 38.5 Å². The van der Waals surface area contributed by atoms with E-state index in [9.17, 15) is 9.59 Å². The molecule has 0 saturated heterocycles. The van der Waals surface area contributed by atoms with Gasteiger partial charge in [0.15, 0.2) is 0 Å². The average Bonchev–Trinajstić information content (AvgIpc) is 2.52. The van der Waals surface area contributed by atoms with Crippen LogP contribution in [0, 0.1) is 0 Å². The van der Waals surface area contributed by atoms with E-state index in [4.69, 9.17) is 16.3 Å². The van der Waals surface area contributed by atoms with Gasteiger partial charge in [-0.1, -0.05) is 18.5 Å². The molecule has 1 N–H and O–H groups in total. The summed E-state index contributed by atoms with van der Waals surface area (Å²) in [5, 5.41) is 3.42. The van der Waals surface area contributed by atoms with Gasteiger partial charge in [-0.2, -0.15) is 0 Å². The van der Waals surface area contributed by atoms with Crippen LogP contribution in [0.25, 0.3) is 0 Å². The number of halogens is 1. The lowest BCUT2D eigenvalue weighted by Crippen LogP contribution is -2.42. The van der Waals surface area contributed by atoms with Crippen molar-refractivity contribution < 1.29 is 14.3 Å². The normalized spacial score (nSPS) is 17.9. The minimum atomic E-state index is -0.0969. The van der Waals surface area contributed by atoms with Crippen LogP contribution in [0.15, 0.2) is 18.2 Å². The minimum Gasteiger partial charge on any atom is -0.487 e. The first kappa shape index (κ1) is 17.6. The Morgan fingerprint density at radius 1 is 1.43 bits per heavy atom. The molecule has 6 heteroatoms. The van der Waals surface area contributed by atoms with Crippen LogP contribution < -0.4 is 15.0 Å². The Morgan fingerprint density at radius 2 is 2.17 bits per heavy atom. The zero-order valence-corrected chi connectivity index (χ0v) is 14.5. The number of nitrogens with zero attached hydrogens (tertiary/aromatic N) is 1. The summed E-state index contributed by atoms with van der Waals surface area (Å²) in [7, 11) is 0. The molecule has 1 aliphatic heterocycles. The molecule has 2 atom stereocenters. The Balaban J connectivity index is 2.02. The summed E-state index contributed by atoms with van der Waals surface area (Å²) < 4.78 is 5.73. The fourth-order valence-corrected chi connectivity index (χ4v) is 2.62. The second kappa shape index (κ2) is 7.68. The average molecular weight is 339 g/mol. The Hall–Kier alpha value is -1.75. The van der Waals surface area contributed by atoms with Gasteiger partial charge in [0.25, 0.3) is 0 Å². The van der Waals surface area contributed by atoms with Gasteiger partial charge >= 0.3 is 0 Å². The number of carbonyl (C=O) groups is 2. The van der Waals surface area contributed by atoms with Crippen LogP contribution >= 0.6 is 11.6 Å². The maximum Gasteiger partial charge on any atom is 0.227 e. The van der Waals surface area contributed by atoms with Crippen molar-refractivity contribution in [3.05, 3.63) is 23.2 Å². The number of amides is 2. The van der Waals surface area contributed by atoms with Gasteiger partial charge < -0.3 is 15.0 Å². The number of benzene rings is 1. The third-order valence-electron chi connectivity index (χ3n) is 3.87. The number of hydrogen-bond donors (Lipinski definition) is 1. The second-order valence-electron chi connectivity index (χ2n) is 5.92. The van der Waals surface area contributed by atoms with Crippen LogP contribution in [0.3, 0.4) is 0 Å². The molecular formula is C17H23ClN2O3. The van der Waals surface area contributed by atoms with Crippen molar-refractivity contribution in [1.29, 1.82) is 0 Å². The molecule has 126 valence electrons. The summed E-state index contributed by atoms with van der Waals surface area (Å²) in [6.45, 7) is 6.32. The van der Waals surface area contributed by atoms with E-state index in [0.29, 0.717) is 23.0 Å². The summed E-state index contributed by atoms with van der Waals surface area (Å²) in [6, 6.07) is 5.35. The van der Waals surface area contributed by atoms with E-state index in [-0.39, 0.29) is 36.8 Å². The maximum absolute atomic E-state index is 12.5. The van der Waals surface area contributed by atoms with Crippen LogP contribution in [0.1, 0.15) is 40.0 Å². The van der Waals surface area contributed by atoms with Gasteiger partial charge in [0.1, 0.15) is 11.9 Å². The molecule has 0 fully saturated rings. The quantitative estimate of drug-likeness (QED) is 0.897. The number of ether oxygens (including phenoxy) is 1. The Morgan fingerprint density at radius 3 is 2.87 bits per heavy atom. The summed E-state index contributed by atoms with van der Waals surface area (Å²) in [5.74, 6) is 0.453. The molecule has 2 amide bonds. The molecule has 1 aromatic rings. The number of anilines is 1. The van der Waals surface area contributed by atoms with Crippen molar-refractivity contribution in [2.75, 3.05) is 11.4 Å². The van der Waals surface area contributed by atoms with E-state index in [1.807, 2.05) is 20.8 Å². The van der Waals surface area contributed by atoms with Gasteiger partial charge in [0, 0.05) is 23.9 Å². The lowest BCUT2D eigenvalue weighted by atomic mass is 10.1. The molecule has 0 radical (unpaired) electrons. The highest BCUT2D eigenvalue weighted by Gasteiger charge is 2.28. The maximum atomic E-state index is 12.5. The van der Waals surface area contributed by atoms with E-state index in [1.54, 1.807) is 23.1 Å². The first-order valence-corrected chi connectivity index (χ1v) is 8.34. The number of nitrogens with one attached hydrogen (secondary N) is 1. The highest BCUT2D eigenvalue weighted by molar-refractivity contribution is 6.31. The van der Waals surface area contributed by atoms with E-state index in [1.165, 1.54) is 0 Å². The third-order valence-corrected chi connectivity index (χ3v) is 4.10. The van der Waals surface area contributed by atoms with Crippen molar-refractivity contribution in [1.82, 2.24) is 5.32 Å². The summed E-state index contributed by atoms with van der Waals surface area (Å²) in [6.07, 6.45) is 1.12. The van der Waals surface area contributed by atoms with Crippen molar-refractivity contribution in [3.8, 4) is 5.75 Å². The predicted molar refractivity (Wildman–Crippen MR) is 91.0 cm³/mol. The highest BCUT2D eigenvalue weighted by Crippen LogP contribution is 2.36. The molecule has 2 rings (SSSR count). The van der Waals surface area contributed by atoms with Crippen molar-refractivity contribution >= 4 is 29.1 Å².